The van der Waals surface area contributed by atoms with Crippen molar-refractivity contribution in [1.82, 2.24) is 9.78 Å². The highest BCUT2D eigenvalue weighted by Gasteiger charge is 2.14. The number of hydrogen-bond donors (Lipinski definition) is 2. The highest BCUT2D eigenvalue weighted by Crippen LogP contribution is 2.22. The molecule has 19 heavy (non-hydrogen) atoms. The predicted octanol–water partition coefficient (Wildman–Crippen LogP) is 1.57. The molecular weight excluding hydrogens is 244 g/mol. The van der Waals surface area contributed by atoms with Crippen molar-refractivity contribution >= 4 is 17.4 Å². The van der Waals surface area contributed by atoms with Crippen LogP contribution in [-0.2, 0) is 7.05 Å². The number of benzene rings is 1. The van der Waals surface area contributed by atoms with E-state index in [9.17, 15) is 4.79 Å². The van der Waals surface area contributed by atoms with Crippen LogP contribution in [0, 0.1) is 6.92 Å². The molecule has 0 unspecified atom stereocenters. The molecule has 2 aromatic rings. The molecule has 1 heterocycles. The monoisotopic (exact) mass is 260 g/mol. The summed E-state index contributed by atoms with van der Waals surface area (Å²) >= 11 is 0. The summed E-state index contributed by atoms with van der Waals surface area (Å²) in [6, 6.07) is 6.83. The van der Waals surface area contributed by atoms with Gasteiger partial charge in [0.25, 0.3) is 5.91 Å². The number of carbonyl (C=O) groups excluding carboxylic acids is 1. The van der Waals surface area contributed by atoms with Crippen molar-refractivity contribution in [3.63, 3.8) is 0 Å². The van der Waals surface area contributed by atoms with E-state index < -0.39 is 0 Å². The summed E-state index contributed by atoms with van der Waals surface area (Å²) in [6.07, 6.45) is 0. The number of carbonyl (C=O) groups is 1. The van der Waals surface area contributed by atoms with Gasteiger partial charge in [-0.1, -0.05) is 0 Å². The number of nitrogens with one attached hydrogen (secondary N) is 1. The minimum Gasteiger partial charge on any atom is -0.497 e. The van der Waals surface area contributed by atoms with Crippen molar-refractivity contribution in [2.75, 3.05) is 18.2 Å². The smallest absolute Gasteiger partial charge is 0.256 e. The molecule has 1 amide bonds. The molecule has 0 aliphatic carbocycles. The lowest BCUT2D eigenvalue weighted by molar-refractivity contribution is 0.102. The minimum atomic E-state index is -0.239. The Hall–Kier alpha value is -2.50. The highest BCUT2D eigenvalue weighted by molar-refractivity contribution is 6.05. The summed E-state index contributed by atoms with van der Waals surface area (Å²) in [7, 11) is 3.31. The molecule has 0 radical (unpaired) electrons. The molecule has 2 rings (SSSR count). The zero-order chi connectivity index (χ0) is 14.0. The van der Waals surface area contributed by atoms with E-state index in [1.165, 1.54) is 0 Å². The van der Waals surface area contributed by atoms with Gasteiger partial charge in [0.15, 0.2) is 5.82 Å². The van der Waals surface area contributed by atoms with Gasteiger partial charge in [0, 0.05) is 12.6 Å². The van der Waals surface area contributed by atoms with Crippen LogP contribution >= 0.6 is 0 Å². The molecule has 1 aromatic heterocycles. The SMILES string of the molecule is COc1ccc(C(=O)Nc2c(N)c(C)nn2C)cc1. The van der Waals surface area contributed by atoms with E-state index in [1.54, 1.807) is 50.0 Å². The number of nitrogens with zero attached hydrogens (tertiary/aromatic N) is 2. The van der Waals surface area contributed by atoms with E-state index in [0.29, 0.717) is 28.5 Å². The largest absolute Gasteiger partial charge is 0.497 e. The number of ether oxygens (including phenoxy) is 1. The fourth-order valence-electron chi connectivity index (χ4n) is 1.74. The van der Waals surface area contributed by atoms with Gasteiger partial charge in [0.2, 0.25) is 0 Å². The fourth-order valence-corrected chi connectivity index (χ4v) is 1.74. The average molecular weight is 260 g/mol. The van der Waals surface area contributed by atoms with Crippen LogP contribution < -0.4 is 15.8 Å². The number of nitrogens with two attached hydrogens (primary N) is 1. The molecule has 100 valence electrons. The summed E-state index contributed by atoms with van der Waals surface area (Å²) in [5.41, 5.74) is 7.55. The number of hydrogen-bond acceptors (Lipinski definition) is 4. The van der Waals surface area contributed by atoms with Crippen LogP contribution in [0.25, 0.3) is 0 Å². The molecule has 0 saturated carbocycles. The fraction of sp³-hybridized carbons (Fsp3) is 0.231. The minimum absolute atomic E-state index is 0.239. The summed E-state index contributed by atoms with van der Waals surface area (Å²) < 4.78 is 6.59. The molecular formula is C13H16N4O2. The van der Waals surface area contributed by atoms with Crippen LogP contribution in [0.4, 0.5) is 11.5 Å². The second-order valence-corrected chi connectivity index (χ2v) is 4.15. The van der Waals surface area contributed by atoms with Gasteiger partial charge in [-0.25, -0.2) is 0 Å². The normalized spacial score (nSPS) is 10.3. The Morgan fingerprint density at radius 1 is 1.37 bits per heavy atom. The third-order valence-electron chi connectivity index (χ3n) is 2.85. The van der Waals surface area contributed by atoms with Crippen LogP contribution in [0.2, 0.25) is 0 Å². The third-order valence-corrected chi connectivity index (χ3v) is 2.85. The summed E-state index contributed by atoms with van der Waals surface area (Å²) in [5, 5.41) is 6.89. The Bertz CT molecular complexity index is 602. The molecule has 0 aliphatic rings. The molecule has 0 spiro atoms. The Balaban J connectivity index is 2.20. The first kappa shape index (κ1) is 12.9. The van der Waals surface area contributed by atoms with E-state index in [1.807, 2.05) is 0 Å². The lowest BCUT2D eigenvalue weighted by Gasteiger charge is -2.07. The Labute approximate surface area is 111 Å². The molecule has 0 aliphatic heterocycles. The van der Waals surface area contributed by atoms with Gasteiger partial charge in [-0.15, -0.1) is 0 Å². The van der Waals surface area contributed by atoms with Gasteiger partial charge in [-0.2, -0.15) is 5.10 Å². The topological polar surface area (TPSA) is 82.2 Å². The number of rotatable bonds is 3. The number of nitrogen functional groups attached to an aromatic ring is 1. The summed E-state index contributed by atoms with van der Waals surface area (Å²) in [5.74, 6) is 0.961. The number of amides is 1. The van der Waals surface area contributed by atoms with E-state index in [0.717, 1.165) is 0 Å². The van der Waals surface area contributed by atoms with Crippen LogP contribution in [0.3, 0.4) is 0 Å². The van der Waals surface area contributed by atoms with Crippen molar-refractivity contribution in [3.05, 3.63) is 35.5 Å². The number of aryl methyl sites for hydroxylation is 2. The second-order valence-electron chi connectivity index (χ2n) is 4.15. The van der Waals surface area contributed by atoms with Crippen molar-refractivity contribution in [2.45, 2.75) is 6.92 Å². The molecule has 0 atom stereocenters. The first-order chi connectivity index (χ1) is 9.02. The Morgan fingerprint density at radius 3 is 2.47 bits per heavy atom. The maximum Gasteiger partial charge on any atom is 0.256 e. The first-order valence-corrected chi connectivity index (χ1v) is 5.77. The van der Waals surface area contributed by atoms with Crippen molar-refractivity contribution in [1.29, 1.82) is 0 Å². The average Bonchev–Trinajstić information content (AvgIpc) is 2.65. The van der Waals surface area contributed by atoms with E-state index in [2.05, 4.69) is 10.4 Å². The van der Waals surface area contributed by atoms with Crippen LogP contribution in [0.1, 0.15) is 16.1 Å². The molecule has 6 nitrogen and oxygen atoms in total. The van der Waals surface area contributed by atoms with Crippen molar-refractivity contribution in [3.8, 4) is 5.75 Å². The quantitative estimate of drug-likeness (QED) is 0.877. The van der Waals surface area contributed by atoms with Crippen LogP contribution in [0.15, 0.2) is 24.3 Å². The Morgan fingerprint density at radius 2 is 2.00 bits per heavy atom. The van der Waals surface area contributed by atoms with E-state index in [-0.39, 0.29) is 5.91 Å². The summed E-state index contributed by atoms with van der Waals surface area (Å²) in [4.78, 5) is 12.1. The van der Waals surface area contributed by atoms with Gasteiger partial charge in [0.1, 0.15) is 5.75 Å². The maximum absolute atomic E-state index is 12.1. The summed E-state index contributed by atoms with van der Waals surface area (Å²) in [6.45, 7) is 1.79. The van der Waals surface area contributed by atoms with Crippen LogP contribution in [-0.4, -0.2) is 22.8 Å². The lowest BCUT2D eigenvalue weighted by atomic mass is 10.2. The number of anilines is 2. The molecule has 0 fully saturated rings. The molecule has 1 aromatic carbocycles. The second kappa shape index (κ2) is 5.01. The standard InChI is InChI=1S/C13H16N4O2/c1-8-11(14)12(17(2)16-8)15-13(18)9-4-6-10(19-3)7-5-9/h4-7H,14H2,1-3H3,(H,15,18). The molecule has 0 saturated heterocycles. The van der Waals surface area contributed by atoms with Crippen molar-refractivity contribution < 1.29 is 9.53 Å². The van der Waals surface area contributed by atoms with Gasteiger partial charge >= 0.3 is 0 Å². The van der Waals surface area contributed by atoms with Gasteiger partial charge in [-0.3, -0.25) is 9.48 Å². The first-order valence-electron chi connectivity index (χ1n) is 5.77. The highest BCUT2D eigenvalue weighted by atomic mass is 16.5. The Kier molecular flexibility index (Phi) is 3.41. The third kappa shape index (κ3) is 2.52. The molecule has 6 heteroatoms. The van der Waals surface area contributed by atoms with E-state index in [4.69, 9.17) is 10.5 Å². The van der Waals surface area contributed by atoms with Crippen molar-refractivity contribution in [2.24, 2.45) is 7.05 Å². The molecule has 3 N–H and O–H groups in total. The zero-order valence-corrected chi connectivity index (χ0v) is 11.1. The molecule has 0 bridgehead atoms. The van der Waals surface area contributed by atoms with E-state index >= 15 is 0 Å². The number of aromatic nitrogens is 2. The van der Waals surface area contributed by atoms with Gasteiger partial charge in [-0.05, 0) is 31.2 Å². The van der Waals surface area contributed by atoms with Gasteiger partial charge < -0.3 is 15.8 Å². The zero-order valence-electron chi connectivity index (χ0n) is 11.1. The maximum atomic E-state index is 12.1. The van der Waals surface area contributed by atoms with Gasteiger partial charge in [0.05, 0.1) is 18.5 Å². The predicted molar refractivity (Wildman–Crippen MR) is 73.3 cm³/mol. The lowest BCUT2D eigenvalue weighted by Crippen LogP contribution is -2.15. The van der Waals surface area contributed by atoms with Crippen LogP contribution in [0.5, 0.6) is 5.75 Å². The number of methoxy groups -OCH3 is 1.